The molecular formula is C20H15ClFN5O. The molecule has 3 N–H and O–H groups in total. The van der Waals surface area contributed by atoms with E-state index in [2.05, 4.69) is 25.6 Å². The number of hydrogen-bond acceptors (Lipinski definition) is 4. The van der Waals surface area contributed by atoms with E-state index in [1.165, 1.54) is 18.5 Å². The van der Waals surface area contributed by atoms with E-state index in [1.54, 1.807) is 12.3 Å². The highest BCUT2D eigenvalue weighted by atomic mass is 35.5. The molecule has 0 atom stereocenters. The molecule has 2 aromatic heterocycles. The summed E-state index contributed by atoms with van der Waals surface area (Å²) in [5.41, 5.74) is 2.69. The van der Waals surface area contributed by atoms with Gasteiger partial charge >= 0.3 is 0 Å². The number of carbonyl (C=O) groups excluding carboxylic acids is 1. The molecule has 1 amide bonds. The van der Waals surface area contributed by atoms with Gasteiger partial charge in [0, 0.05) is 17.6 Å². The first kappa shape index (κ1) is 17.9. The summed E-state index contributed by atoms with van der Waals surface area (Å²) >= 11 is 5.65. The van der Waals surface area contributed by atoms with Crippen LogP contribution in [0.4, 0.5) is 21.6 Å². The number of H-pyrrole nitrogens is 1. The lowest BCUT2D eigenvalue weighted by molar-refractivity contribution is -0.115. The molecule has 0 radical (unpaired) electrons. The molecule has 0 saturated heterocycles. The van der Waals surface area contributed by atoms with Crippen LogP contribution in [0.1, 0.15) is 5.56 Å². The fourth-order valence-electron chi connectivity index (χ4n) is 2.83. The maximum atomic E-state index is 13.5. The van der Waals surface area contributed by atoms with E-state index in [9.17, 15) is 9.18 Å². The van der Waals surface area contributed by atoms with Gasteiger partial charge in [0.25, 0.3) is 0 Å². The lowest BCUT2D eigenvalue weighted by atomic mass is 10.1. The standard InChI is InChI=1S/C20H15ClFN5O/c21-16-5-4-14(10-17(16)22)26-18(28)9-12-2-1-3-13(8-12)27-20-15-6-7-23-19(15)24-11-25-20/h1-8,10-11H,9H2,(H,26,28)(H2,23,24,25,27). The van der Waals surface area contributed by atoms with Crippen LogP contribution in [0.25, 0.3) is 11.0 Å². The third-order valence-electron chi connectivity index (χ3n) is 4.11. The fourth-order valence-corrected chi connectivity index (χ4v) is 2.95. The van der Waals surface area contributed by atoms with Crippen LogP contribution < -0.4 is 10.6 Å². The number of halogens is 2. The van der Waals surface area contributed by atoms with Crippen molar-refractivity contribution in [1.82, 2.24) is 15.0 Å². The van der Waals surface area contributed by atoms with Gasteiger partial charge in [-0.15, -0.1) is 0 Å². The van der Waals surface area contributed by atoms with Crippen LogP contribution in [0.3, 0.4) is 0 Å². The van der Waals surface area contributed by atoms with Crippen molar-refractivity contribution in [2.75, 3.05) is 10.6 Å². The number of carbonyl (C=O) groups is 1. The molecule has 4 rings (SSSR count). The molecule has 0 fully saturated rings. The van der Waals surface area contributed by atoms with Crippen LogP contribution in [-0.2, 0) is 11.2 Å². The van der Waals surface area contributed by atoms with Crippen LogP contribution >= 0.6 is 11.6 Å². The third-order valence-corrected chi connectivity index (χ3v) is 4.42. The number of nitrogens with zero attached hydrogens (tertiary/aromatic N) is 2. The highest BCUT2D eigenvalue weighted by Gasteiger charge is 2.09. The fraction of sp³-hybridized carbons (Fsp3) is 0.0500. The van der Waals surface area contributed by atoms with Crippen molar-refractivity contribution in [3.63, 3.8) is 0 Å². The molecule has 140 valence electrons. The van der Waals surface area contributed by atoms with Crippen molar-refractivity contribution in [3.05, 3.63) is 77.5 Å². The van der Waals surface area contributed by atoms with E-state index in [0.29, 0.717) is 11.5 Å². The number of aromatic nitrogens is 3. The van der Waals surface area contributed by atoms with Crippen molar-refractivity contribution in [2.24, 2.45) is 0 Å². The lowest BCUT2D eigenvalue weighted by Gasteiger charge is -2.09. The maximum Gasteiger partial charge on any atom is 0.228 e. The van der Waals surface area contributed by atoms with Gasteiger partial charge in [-0.1, -0.05) is 23.7 Å². The minimum Gasteiger partial charge on any atom is -0.346 e. The molecule has 28 heavy (non-hydrogen) atoms. The predicted octanol–water partition coefficient (Wildman–Crippen LogP) is 4.68. The van der Waals surface area contributed by atoms with Gasteiger partial charge in [-0.25, -0.2) is 14.4 Å². The number of amides is 1. The minimum absolute atomic E-state index is 0.0121. The quantitative estimate of drug-likeness (QED) is 0.458. The number of fused-ring (bicyclic) bond motifs is 1. The highest BCUT2D eigenvalue weighted by Crippen LogP contribution is 2.23. The number of anilines is 3. The monoisotopic (exact) mass is 395 g/mol. The van der Waals surface area contributed by atoms with Crippen LogP contribution in [0.5, 0.6) is 0 Å². The summed E-state index contributed by atoms with van der Waals surface area (Å²) in [4.78, 5) is 23.7. The molecular weight excluding hydrogens is 381 g/mol. The average molecular weight is 396 g/mol. The van der Waals surface area contributed by atoms with Gasteiger partial charge in [-0.05, 0) is 42.0 Å². The summed E-state index contributed by atoms with van der Waals surface area (Å²) in [6.45, 7) is 0. The van der Waals surface area contributed by atoms with Gasteiger partial charge in [-0.2, -0.15) is 0 Å². The van der Waals surface area contributed by atoms with Gasteiger partial charge < -0.3 is 15.6 Å². The van der Waals surface area contributed by atoms with E-state index in [4.69, 9.17) is 11.6 Å². The zero-order valence-electron chi connectivity index (χ0n) is 14.5. The molecule has 2 aromatic carbocycles. The molecule has 0 spiro atoms. The van der Waals surface area contributed by atoms with Gasteiger partial charge in [0.15, 0.2) is 0 Å². The summed E-state index contributed by atoms with van der Waals surface area (Å²) < 4.78 is 13.5. The topological polar surface area (TPSA) is 82.7 Å². The number of aromatic amines is 1. The third kappa shape index (κ3) is 3.94. The first-order valence-corrected chi connectivity index (χ1v) is 8.85. The highest BCUT2D eigenvalue weighted by molar-refractivity contribution is 6.30. The molecule has 0 aliphatic heterocycles. The Morgan fingerprint density at radius 3 is 2.86 bits per heavy atom. The maximum absolute atomic E-state index is 13.5. The molecule has 0 saturated carbocycles. The van der Waals surface area contributed by atoms with E-state index in [0.717, 1.165) is 22.3 Å². The summed E-state index contributed by atoms with van der Waals surface area (Å²) in [6.07, 6.45) is 3.41. The van der Waals surface area contributed by atoms with Gasteiger partial charge in [0.2, 0.25) is 5.91 Å². The Hall–Kier alpha value is -3.45. The Balaban J connectivity index is 1.47. The molecule has 0 bridgehead atoms. The zero-order chi connectivity index (χ0) is 19.5. The number of rotatable bonds is 5. The van der Waals surface area contributed by atoms with E-state index < -0.39 is 5.82 Å². The molecule has 0 aliphatic carbocycles. The van der Waals surface area contributed by atoms with E-state index >= 15 is 0 Å². The predicted molar refractivity (Wildman–Crippen MR) is 107 cm³/mol. The van der Waals surface area contributed by atoms with Crippen LogP contribution in [0.15, 0.2) is 61.1 Å². The molecule has 0 unspecified atom stereocenters. The van der Waals surface area contributed by atoms with E-state index in [1.807, 2.05) is 30.3 Å². The van der Waals surface area contributed by atoms with Crippen molar-refractivity contribution in [3.8, 4) is 0 Å². The van der Waals surface area contributed by atoms with Crippen molar-refractivity contribution < 1.29 is 9.18 Å². The minimum atomic E-state index is -0.577. The second-order valence-corrected chi connectivity index (χ2v) is 6.55. The lowest BCUT2D eigenvalue weighted by Crippen LogP contribution is -2.14. The molecule has 4 aromatic rings. The first-order valence-electron chi connectivity index (χ1n) is 8.47. The Bertz CT molecular complexity index is 1160. The second-order valence-electron chi connectivity index (χ2n) is 6.14. The molecule has 2 heterocycles. The van der Waals surface area contributed by atoms with Crippen LogP contribution in [0.2, 0.25) is 5.02 Å². The zero-order valence-corrected chi connectivity index (χ0v) is 15.3. The Morgan fingerprint density at radius 1 is 1.11 bits per heavy atom. The Kier molecular flexibility index (Phi) is 4.90. The smallest absolute Gasteiger partial charge is 0.228 e. The average Bonchev–Trinajstić information content (AvgIpc) is 3.15. The number of nitrogens with one attached hydrogen (secondary N) is 3. The van der Waals surface area contributed by atoms with Crippen molar-refractivity contribution in [2.45, 2.75) is 6.42 Å². The molecule has 0 aliphatic rings. The molecule has 6 nitrogen and oxygen atoms in total. The van der Waals surface area contributed by atoms with Gasteiger partial charge in [-0.3, -0.25) is 4.79 Å². The first-order chi connectivity index (χ1) is 13.6. The Morgan fingerprint density at radius 2 is 2.00 bits per heavy atom. The van der Waals surface area contributed by atoms with Gasteiger partial charge in [0.1, 0.15) is 23.6 Å². The number of hydrogen-bond donors (Lipinski definition) is 3. The summed E-state index contributed by atoms with van der Waals surface area (Å²) in [5, 5.41) is 6.79. The summed E-state index contributed by atoms with van der Waals surface area (Å²) in [5.74, 6) is -0.162. The SMILES string of the molecule is O=C(Cc1cccc(Nc2ncnc3[nH]ccc23)c1)Nc1ccc(Cl)c(F)c1. The van der Waals surface area contributed by atoms with Crippen LogP contribution in [-0.4, -0.2) is 20.9 Å². The van der Waals surface area contributed by atoms with E-state index in [-0.39, 0.29) is 17.4 Å². The number of benzene rings is 2. The van der Waals surface area contributed by atoms with Crippen LogP contribution in [0, 0.1) is 5.82 Å². The largest absolute Gasteiger partial charge is 0.346 e. The summed E-state index contributed by atoms with van der Waals surface area (Å²) in [6, 6.07) is 13.5. The second kappa shape index (κ2) is 7.66. The van der Waals surface area contributed by atoms with Crippen molar-refractivity contribution in [1.29, 1.82) is 0 Å². The summed E-state index contributed by atoms with van der Waals surface area (Å²) in [7, 11) is 0. The normalized spacial score (nSPS) is 10.8. The van der Waals surface area contributed by atoms with Crippen molar-refractivity contribution >= 4 is 45.7 Å². The molecule has 8 heteroatoms. The van der Waals surface area contributed by atoms with Gasteiger partial charge in [0.05, 0.1) is 16.8 Å². The Labute approximate surface area is 164 Å².